The fraction of sp³-hybridized carbons (Fsp3) is 0.583. The summed E-state index contributed by atoms with van der Waals surface area (Å²) >= 11 is 5.74. The van der Waals surface area contributed by atoms with Crippen LogP contribution < -0.4 is 5.32 Å². The van der Waals surface area contributed by atoms with Gasteiger partial charge in [0.1, 0.15) is 5.82 Å². The molecule has 0 spiro atoms. The first-order valence-electron chi connectivity index (χ1n) is 5.81. The summed E-state index contributed by atoms with van der Waals surface area (Å²) in [4.78, 5) is 4.15. The molecule has 0 radical (unpaired) electrons. The number of ether oxygens (including phenoxy) is 1. The van der Waals surface area contributed by atoms with E-state index in [0.29, 0.717) is 11.1 Å². The maximum atomic E-state index is 5.74. The molecule has 2 rings (SSSR count). The van der Waals surface area contributed by atoms with E-state index in [1.54, 1.807) is 6.20 Å². The minimum atomic E-state index is 0.486. The van der Waals surface area contributed by atoms with Crippen LogP contribution in [0, 0.1) is 0 Å². The van der Waals surface area contributed by atoms with Crippen molar-refractivity contribution in [3.05, 3.63) is 23.4 Å². The Kier molecular flexibility index (Phi) is 4.43. The number of pyridine rings is 1. The number of nitrogens with one attached hydrogen (secondary N) is 1. The lowest BCUT2D eigenvalue weighted by Crippen LogP contribution is -2.15. The fourth-order valence-electron chi connectivity index (χ4n) is 1.94. The Hall–Kier alpha value is -0.800. The lowest BCUT2D eigenvalue weighted by Gasteiger charge is -2.11. The summed E-state index contributed by atoms with van der Waals surface area (Å²) in [5.41, 5.74) is 0. The molecule has 0 atom stereocenters. The second-order valence-electron chi connectivity index (χ2n) is 4.07. The first kappa shape index (κ1) is 11.7. The quantitative estimate of drug-likeness (QED) is 0.803. The van der Waals surface area contributed by atoms with Gasteiger partial charge in [0.25, 0.3) is 0 Å². The molecule has 4 heteroatoms. The van der Waals surface area contributed by atoms with Crippen LogP contribution in [0.4, 0.5) is 5.82 Å². The van der Waals surface area contributed by atoms with E-state index in [2.05, 4.69) is 10.3 Å². The predicted octanol–water partition coefficient (Wildman–Crippen LogP) is 3.11. The van der Waals surface area contributed by atoms with Crippen LogP contribution in [0.2, 0.25) is 5.02 Å². The van der Waals surface area contributed by atoms with Crippen molar-refractivity contribution in [2.75, 3.05) is 18.5 Å². The smallest absolute Gasteiger partial charge is 0.126 e. The number of hydrogen-bond acceptors (Lipinski definition) is 3. The van der Waals surface area contributed by atoms with Crippen molar-refractivity contribution >= 4 is 17.4 Å². The Morgan fingerprint density at radius 2 is 2.19 bits per heavy atom. The van der Waals surface area contributed by atoms with Crippen LogP contribution >= 0.6 is 11.6 Å². The second kappa shape index (κ2) is 6.06. The van der Waals surface area contributed by atoms with Crippen LogP contribution in [-0.2, 0) is 4.74 Å². The van der Waals surface area contributed by atoms with Gasteiger partial charge < -0.3 is 10.1 Å². The van der Waals surface area contributed by atoms with Crippen molar-refractivity contribution < 1.29 is 4.74 Å². The van der Waals surface area contributed by atoms with E-state index in [0.717, 1.165) is 19.0 Å². The molecule has 1 aromatic heterocycles. The molecule has 1 aliphatic carbocycles. The molecule has 0 aromatic carbocycles. The van der Waals surface area contributed by atoms with Crippen LogP contribution in [0.3, 0.4) is 0 Å². The maximum Gasteiger partial charge on any atom is 0.126 e. The van der Waals surface area contributed by atoms with Gasteiger partial charge in [0, 0.05) is 12.7 Å². The topological polar surface area (TPSA) is 34.1 Å². The highest BCUT2D eigenvalue weighted by Crippen LogP contribution is 2.20. The molecule has 1 aliphatic rings. The highest BCUT2D eigenvalue weighted by atomic mass is 35.5. The number of anilines is 1. The highest BCUT2D eigenvalue weighted by molar-refractivity contribution is 6.30. The van der Waals surface area contributed by atoms with Crippen molar-refractivity contribution in [3.8, 4) is 0 Å². The minimum Gasteiger partial charge on any atom is -0.376 e. The Morgan fingerprint density at radius 1 is 1.38 bits per heavy atom. The Morgan fingerprint density at radius 3 is 2.88 bits per heavy atom. The van der Waals surface area contributed by atoms with E-state index in [4.69, 9.17) is 16.3 Å². The van der Waals surface area contributed by atoms with Gasteiger partial charge in [-0.25, -0.2) is 4.98 Å². The van der Waals surface area contributed by atoms with Gasteiger partial charge in [0.15, 0.2) is 0 Å². The molecule has 16 heavy (non-hydrogen) atoms. The van der Waals surface area contributed by atoms with Crippen LogP contribution in [0.25, 0.3) is 0 Å². The molecular weight excluding hydrogens is 224 g/mol. The standard InChI is InChI=1S/C12H17ClN2O/c13-10-5-6-12(15-9-10)14-7-8-16-11-3-1-2-4-11/h5-6,9,11H,1-4,7-8H2,(H,14,15). The van der Waals surface area contributed by atoms with Crippen LogP contribution in [-0.4, -0.2) is 24.2 Å². The summed E-state index contributed by atoms with van der Waals surface area (Å²) in [7, 11) is 0. The van der Waals surface area contributed by atoms with Crippen LogP contribution in [0.1, 0.15) is 25.7 Å². The normalized spacial score (nSPS) is 16.6. The lowest BCUT2D eigenvalue weighted by atomic mass is 10.3. The molecule has 0 aliphatic heterocycles. The monoisotopic (exact) mass is 240 g/mol. The van der Waals surface area contributed by atoms with Crippen LogP contribution in [0.15, 0.2) is 18.3 Å². The van der Waals surface area contributed by atoms with Gasteiger partial charge in [-0.3, -0.25) is 0 Å². The lowest BCUT2D eigenvalue weighted by molar-refractivity contribution is 0.0658. The van der Waals surface area contributed by atoms with Gasteiger partial charge in [-0.1, -0.05) is 24.4 Å². The average molecular weight is 241 g/mol. The van der Waals surface area contributed by atoms with Gasteiger partial charge in [-0.15, -0.1) is 0 Å². The van der Waals surface area contributed by atoms with Crippen molar-refractivity contribution in [2.24, 2.45) is 0 Å². The Bertz CT molecular complexity index is 309. The third-order valence-corrected chi connectivity index (χ3v) is 3.01. The summed E-state index contributed by atoms with van der Waals surface area (Å²) in [6.45, 7) is 1.54. The van der Waals surface area contributed by atoms with Gasteiger partial charge in [-0.05, 0) is 25.0 Å². The molecule has 0 bridgehead atoms. The SMILES string of the molecule is Clc1ccc(NCCOC2CCCC2)nc1. The number of halogens is 1. The van der Waals surface area contributed by atoms with E-state index in [9.17, 15) is 0 Å². The second-order valence-corrected chi connectivity index (χ2v) is 4.50. The largest absolute Gasteiger partial charge is 0.376 e. The fourth-order valence-corrected chi connectivity index (χ4v) is 2.05. The van der Waals surface area contributed by atoms with E-state index < -0.39 is 0 Å². The summed E-state index contributed by atoms with van der Waals surface area (Å²) in [5.74, 6) is 0.847. The molecule has 88 valence electrons. The summed E-state index contributed by atoms with van der Waals surface area (Å²) in [6, 6.07) is 3.70. The van der Waals surface area contributed by atoms with E-state index in [1.807, 2.05) is 12.1 Å². The zero-order valence-electron chi connectivity index (χ0n) is 9.29. The highest BCUT2D eigenvalue weighted by Gasteiger charge is 2.14. The predicted molar refractivity (Wildman–Crippen MR) is 65.9 cm³/mol. The summed E-state index contributed by atoms with van der Waals surface area (Å²) < 4.78 is 5.73. The maximum absolute atomic E-state index is 5.74. The number of aromatic nitrogens is 1. The molecule has 1 N–H and O–H groups in total. The van der Waals surface area contributed by atoms with E-state index in [-0.39, 0.29) is 0 Å². The summed E-state index contributed by atoms with van der Waals surface area (Å²) in [6.07, 6.45) is 7.20. The zero-order chi connectivity index (χ0) is 11.2. The average Bonchev–Trinajstić information content (AvgIpc) is 2.80. The zero-order valence-corrected chi connectivity index (χ0v) is 10.0. The molecule has 1 heterocycles. The van der Waals surface area contributed by atoms with Gasteiger partial charge in [0.05, 0.1) is 17.7 Å². The first-order chi connectivity index (χ1) is 7.84. The van der Waals surface area contributed by atoms with Crippen molar-refractivity contribution in [1.82, 2.24) is 4.98 Å². The molecule has 0 saturated heterocycles. The third-order valence-electron chi connectivity index (χ3n) is 2.79. The molecular formula is C12H17ClN2O. The van der Waals surface area contributed by atoms with Gasteiger partial charge in [-0.2, -0.15) is 0 Å². The van der Waals surface area contributed by atoms with E-state index >= 15 is 0 Å². The molecule has 0 unspecified atom stereocenters. The third kappa shape index (κ3) is 3.65. The molecule has 1 saturated carbocycles. The van der Waals surface area contributed by atoms with Gasteiger partial charge in [0.2, 0.25) is 0 Å². The van der Waals surface area contributed by atoms with Crippen molar-refractivity contribution in [1.29, 1.82) is 0 Å². The van der Waals surface area contributed by atoms with Crippen molar-refractivity contribution in [2.45, 2.75) is 31.8 Å². The summed E-state index contributed by atoms with van der Waals surface area (Å²) in [5, 5.41) is 3.86. The molecule has 3 nitrogen and oxygen atoms in total. The Balaban J connectivity index is 1.62. The number of hydrogen-bond donors (Lipinski definition) is 1. The minimum absolute atomic E-state index is 0.486. The molecule has 0 amide bonds. The Labute approximate surface area is 101 Å². The van der Waals surface area contributed by atoms with Gasteiger partial charge >= 0.3 is 0 Å². The number of rotatable bonds is 5. The van der Waals surface area contributed by atoms with Crippen LogP contribution in [0.5, 0.6) is 0 Å². The molecule has 1 aromatic rings. The van der Waals surface area contributed by atoms with E-state index in [1.165, 1.54) is 25.7 Å². The first-order valence-corrected chi connectivity index (χ1v) is 6.19. The number of nitrogens with zero attached hydrogens (tertiary/aromatic N) is 1. The molecule has 1 fully saturated rings. The van der Waals surface area contributed by atoms with Crippen molar-refractivity contribution in [3.63, 3.8) is 0 Å².